The molecule has 0 saturated carbocycles. The van der Waals surface area contributed by atoms with Crippen molar-refractivity contribution in [3.8, 4) is 5.88 Å². The summed E-state index contributed by atoms with van der Waals surface area (Å²) in [6, 6.07) is 0. The van der Waals surface area contributed by atoms with E-state index >= 15 is 0 Å². The van der Waals surface area contributed by atoms with Crippen molar-refractivity contribution in [2.24, 2.45) is 0 Å². The predicted octanol–water partition coefficient (Wildman–Crippen LogP) is 1.64. The molecule has 1 N–H and O–H groups in total. The van der Waals surface area contributed by atoms with Gasteiger partial charge in [0.15, 0.2) is 0 Å². The highest BCUT2D eigenvalue weighted by molar-refractivity contribution is 5.45. The molecular weight excluding hydrogens is 248 g/mol. The Balaban J connectivity index is 2.26. The van der Waals surface area contributed by atoms with Crippen LogP contribution >= 0.6 is 0 Å². The van der Waals surface area contributed by atoms with Crippen LogP contribution in [0, 0.1) is 17.0 Å². The molecule has 1 aliphatic heterocycles. The lowest BCUT2D eigenvalue weighted by molar-refractivity contribution is -0.386. The molecule has 2 heterocycles. The summed E-state index contributed by atoms with van der Waals surface area (Å²) in [7, 11) is 0. The number of piperidine rings is 1. The molecule has 0 aromatic carbocycles. The summed E-state index contributed by atoms with van der Waals surface area (Å²) in [6.07, 6.45) is 2.79. The van der Waals surface area contributed by atoms with Crippen molar-refractivity contribution >= 4 is 5.69 Å². The van der Waals surface area contributed by atoms with E-state index in [4.69, 9.17) is 4.74 Å². The van der Waals surface area contributed by atoms with Gasteiger partial charge in [-0.25, -0.2) is 4.68 Å². The average molecular weight is 268 g/mol. The van der Waals surface area contributed by atoms with E-state index in [9.17, 15) is 10.1 Å². The normalized spacial score (nSPS) is 19.4. The zero-order chi connectivity index (χ0) is 13.8. The first kappa shape index (κ1) is 13.8. The minimum Gasteiger partial charge on any atom is -0.468 e. The second-order valence-electron chi connectivity index (χ2n) is 4.81. The van der Waals surface area contributed by atoms with Gasteiger partial charge in [-0.1, -0.05) is 6.92 Å². The van der Waals surface area contributed by atoms with Gasteiger partial charge in [-0.3, -0.25) is 10.1 Å². The smallest absolute Gasteiger partial charge is 0.353 e. The van der Waals surface area contributed by atoms with Crippen molar-refractivity contribution < 1.29 is 9.66 Å². The SMILES string of the molecule is CCCn1nc(C)c([N+](=O)[O-])c1OC1CCCNC1. The quantitative estimate of drug-likeness (QED) is 0.648. The van der Waals surface area contributed by atoms with Crippen LogP contribution in [-0.4, -0.2) is 33.9 Å². The lowest BCUT2D eigenvalue weighted by Gasteiger charge is -2.23. The summed E-state index contributed by atoms with van der Waals surface area (Å²) in [5, 5.41) is 18.6. The van der Waals surface area contributed by atoms with E-state index in [1.54, 1.807) is 11.6 Å². The van der Waals surface area contributed by atoms with Gasteiger partial charge in [-0.15, -0.1) is 0 Å². The van der Waals surface area contributed by atoms with E-state index in [-0.39, 0.29) is 11.8 Å². The van der Waals surface area contributed by atoms with Gasteiger partial charge in [-0.2, -0.15) is 5.10 Å². The summed E-state index contributed by atoms with van der Waals surface area (Å²) in [6.45, 7) is 6.00. The topological polar surface area (TPSA) is 82.2 Å². The van der Waals surface area contributed by atoms with E-state index in [2.05, 4.69) is 10.4 Å². The first-order valence-corrected chi connectivity index (χ1v) is 6.72. The lowest BCUT2D eigenvalue weighted by Crippen LogP contribution is -2.37. The van der Waals surface area contributed by atoms with Gasteiger partial charge in [0.1, 0.15) is 11.8 Å². The van der Waals surface area contributed by atoms with Crippen LogP contribution in [0.4, 0.5) is 5.69 Å². The zero-order valence-corrected chi connectivity index (χ0v) is 11.4. The van der Waals surface area contributed by atoms with Crippen LogP contribution in [0.25, 0.3) is 0 Å². The summed E-state index contributed by atoms with van der Waals surface area (Å²) in [5.74, 6) is 0.304. The highest BCUT2D eigenvalue weighted by Crippen LogP contribution is 2.32. The molecule has 0 radical (unpaired) electrons. The summed E-state index contributed by atoms with van der Waals surface area (Å²) in [4.78, 5) is 10.8. The van der Waals surface area contributed by atoms with Gasteiger partial charge in [0, 0.05) is 13.1 Å². The number of aryl methyl sites for hydroxylation is 2. The van der Waals surface area contributed by atoms with Crippen LogP contribution in [0.1, 0.15) is 31.9 Å². The molecule has 2 rings (SSSR count). The monoisotopic (exact) mass is 268 g/mol. The third-order valence-corrected chi connectivity index (χ3v) is 3.20. The molecular formula is C12H20N4O3. The molecule has 1 aromatic heterocycles. The number of ether oxygens (including phenoxy) is 1. The highest BCUT2D eigenvalue weighted by atomic mass is 16.6. The molecule has 1 aliphatic rings. The van der Waals surface area contributed by atoms with Gasteiger partial charge in [0.25, 0.3) is 5.88 Å². The fourth-order valence-electron chi connectivity index (χ4n) is 2.32. The molecule has 1 saturated heterocycles. The largest absolute Gasteiger partial charge is 0.468 e. The molecule has 0 spiro atoms. The minimum atomic E-state index is -0.403. The fraction of sp³-hybridized carbons (Fsp3) is 0.750. The molecule has 1 atom stereocenters. The van der Waals surface area contributed by atoms with Gasteiger partial charge in [0.05, 0.1) is 4.92 Å². The molecule has 0 bridgehead atoms. The third-order valence-electron chi connectivity index (χ3n) is 3.20. The Hall–Kier alpha value is -1.63. The maximum Gasteiger partial charge on any atom is 0.353 e. The van der Waals surface area contributed by atoms with Crippen molar-refractivity contribution in [3.05, 3.63) is 15.8 Å². The molecule has 7 heteroatoms. The highest BCUT2D eigenvalue weighted by Gasteiger charge is 2.29. The summed E-state index contributed by atoms with van der Waals surface area (Å²) in [5.41, 5.74) is 0.413. The van der Waals surface area contributed by atoms with Gasteiger partial charge < -0.3 is 10.1 Å². The van der Waals surface area contributed by atoms with Crippen LogP contribution in [0.5, 0.6) is 5.88 Å². The number of hydrogen-bond acceptors (Lipinski definition) is 5. The second kappa shape index (κ2) is 6.01. The molecule has 1 unspecified atom stereocenters. The average Bonchev–Trinajstić information content (AvgIpc) is 2.67. The number of nitrogens with one attached hydrogen (secondary N) is 1. The zero-order valence-electron chi connectivity index (χ0n) is 11.4. The number of aromatic nitrogens is 2. The van der Waals surface area contributed by atoms with Crippen LogP contribution in [-0.2, 0) is 6.54 Å². The van der Waals surface area contributed by atoms with Crippen molar-refractivity contribution in [2.45, 2.75) is 45.8 Å². The Morgan fingerprint density at radius 3 is 3.00 bits per heavy atom. The Bertz CT molecular complexity index is 452. The van der Waals surface area contributed by atoms with Gasteiger partial charge >= 0.3 is 5.69 Å². The Labute approximate surface area is 112 Å². The van der Waals surface area contributed by atoms with E-state index < -0.39 is 4.92 Å². The van der Waals surface area contributed by atoms with E-state index in [0.29, 0.717) is 18.1 Å². The van der Waals surface area contributed by atoms with E-state index in [1.165, 1.54) is 0 Å². The van der Waals surface area contributed by atoms with Crippen molar-refractivity contribution in [2.75, 3.05) is 13.1 Å². The van der Waals surface area contributed by atoms with Crippen LogP contribution < -0.4 is 10.1 Å². The minimum absolute atomic E-state index is 0.000904. The lowest BCUT2D eigenvalue weighted by atomic mass is 10.1. The number of rotatable bonds is 5. The van der Waals surface area contributed by atoms with E-state index in [1.807, 2.05) is 6.92 Å². The Morgan fingerprint density at radius 2 is 2.42 bits per heavy atom. The molecule has 0 amide bonds. The number of nitrogens with zero attached hydrogens (tertiary/aromatic N) is 3. The van der Waals surface area contributed by atoms with Crippen molar-refractivity contribution in [1.82, 2.24) is 15.1 Å². The summed E-state index contributed by atoms with van der Waals surface area (Å²) < 4.78 is 7.46. The second-order valence-corrected chi connectivity index (χ2v) is 4.81. The van der Waals surface area contributed by atoms with Gasteiger partial charge in [-0.05, 0) is 32.7 Å². The maximum atomic E-state index is 11.2. The summed E-state index contributed by atoms with van der Waals surface area (Å²) >= 11 is 0. The van der Waals surface area contributed by atoms with Crippen LogP contribution in [0.2, 0.25) is 0 Å². The fourth-order valence-corrected chi connectivity index (χ4v) is 2.32. The molecule has 7 nitrogen and oxygen atoms in total. The molecule has 1 fully saturated rings. The van der Waals surface area contributed by atoms with Crippen LogP contribution in [0.3, 0.4) is 0 Å². The van der Waals surface area contributed by atoms with Gasteiger partial charge in [0.2, 0.25) is 0 Å². The standard InChI is InChI=1S/C12H20N4O3/c1-3-7-15-12(11(16(17)18)9(2)14-15)19-10-5-4-6-13-8-10/h10,13H,3-8H2,1-2H3. The maximum absolute atomic E-state index is 11.2. The first-order valence-electron chi connectivity index (χ1n) is 6.72. The Morgan fingerprint density at radius 1 is 1.63 bits per heavy atom. The Kier molecular flexibility index (Phi) is 4.36. The predicted molar refractivity (Wildman–Crippen MR) is 70.4 cm³/mol. The molecule has 19 heavy (non-hydrogen) atoms. The number of hydrogen-bond donors (Lipinski definition) is 1. The van der Waals surface area contributed by atoms with E-state index in [0.717, 1.165) is 32.4 Å². The first-order chi connectivity index (χ1) is 9.13. The van der Waals surface area contributed by atoms with Crippen LogP contribution in [0.15, 0.2) is 0 Å². The third kappa shape index (κ3) is 3.04. The number of nitro groups is 1. The molecule has 1 aromatic rings. The molecule has 106 valence electrons. The molecule has 0 aliphatic carbocycles. The van der Waals surface area contributed by atoms with Crippen molar-refractivity contribution in [3.63, 3.8) is 0 Å². The van der Waals surface area contributed by atoms with Crippen molar-refractivity contribution in [1.29, 1.82) is 0 Å².